The van der Waals surface area contributed by atoms with Crippen molar-refractivity contribution in [3.8, 4) is 12.0 Å². The zero-order valence-corrected chi connectivity index (χ0v) is 10.6. The van der Waals surface area contributed by atoms with Crippen LogP contribution in [0.5, 0.6) is 0 Å². The molecule has 0 aliphatic heterocycles. The minimum absolute atomic E-state index is 0.0567. The Balaban J connectivity index is 2.13. The first kappa shape index (κ1) is 12.2. The molecule has 0 saturated carbocycles. The van der Waals surface area contributed by atoms with Gasteiger partial charge >= 0.3 is 5.97 Å². The number of benzene rings is 1. The second kappa shape index (κ2) is 4.36. The van der Waals surface area contributed by atoms with E-state index in [1.54, 1.807) is 12.1 Å². The van der Waals surface area contributed by atoms with Crippen molar-refractivity contribution in [3.05, 3.63) is 40.7 Å². The molecule has 0 spiro atoms. The van der Waals surface area contributed by atoms with Gasteiger partial charge in [-0.15, -0.1) is 0 Å². The molecule has 2 N–H and O–H groups in total. The van der Waals surface area contributed by atoms with E-state index in [0.717, 1.165) is 0 Å². The maximum Gasteiger partial charge on any atom is 0.338 e. The lowest BCUT2D eigenvalue weighted by molar-refractivity contribution is 0.0697. The number of carboxylic acid groups (broad SMARTS) is 1. The van der Waals surface area contributed by atoms with Gasteiger partial charge in [-0.05, 0) is 12.1 Å². The zero-order chi connectivity index (χ0) is 14.3. The zero-order valence-electron chi connectivity index (χ0n) is 9.83. The normalized spacial score (nSPS) is 10.6. The number of aromatic carboxylic acids is 1. The van der Waals surface area contributed by atoms with Gasteiger partial charge in [0.2, 0.25) is 5.95 Å². The Kier molecular flexibility index (Phi) is 2.66. The van der Waals surface area contributed by atoms with Crippen LogP contribution in [0.25, 0.3) is 17.0 Å². The van der Waals surface area contributed by atoms with Crippen LogP contribution >= 0.6 is 11.6 Å². The molecule has 0 amide bonds. The summed E-state index contributed by atoms with van der Waals surface area (Å²) in [5.41, 5.74) is 1.56. The standard InChI is InChI=1S/C12H6ClN5O2/c13-8-2-10-9(1-6(8)3-14)16-12(17-10)18-5-7(4-15-18)11(19)20/h1-2,4-5H,(H,16,17)(H,19,20). The van der Waals surface area contributed by atoms with Crippen molar-refractivity contribution < 1.29 is 9.90 Å². The molecule has 0 fully saturated rings. The molecule has 0 bridgehead atoms. The minimum Gasteiger partial charge on any atom is -0.478 e. The van der Waals surface area contributed by atoms with Crippen LogP contribution in [0.1, 0.15) is 15.9 Å². The molecule has 7 nitrogen and oxygen atoms in total. The first-order chi connectivity index (χ1) is 9.58. The fourth-order valence-corrected chi connectivity index (χ4v) is 1.97. The summed E-state index contributed by atoms with van der Waals surface area (Å²) in [4.78, 5) is 18.0. The van der Waals surface area contributed by atoms with E-state index in [0.29, 0.717) is 27.6 Å². The molecule has 3 aromatic rings. The average molecular weight is 288 g/mol. The number of aromatic amines is 1. The highest BCUT2D eigenvalue weighted by atomic mass is 35.5. The summed E-state index contributed by atoms with van der Waals surface area (Å²) in [5.74, 6) is -0.721. The summed E-state index contributed by atoms with van der Waals surface area (Å²) >= 11 is 5.93. The summed E-state index contributed by atoms with van der Waals surface area (Å²) < 4.78 is 1.31. The second-order valence-corrected chi connectivity index (χ2v) is 4.41. The smallest absolute Gasteiger partial charge is 0.338 e. The van der Waals surface area contributed by atoms with E-state index >= 15 is 0 Å². The van der Waals surface area contributed by atoms with Crippen molar-refractivity contribution in [2.45, 2.75) is 0 Å². The minimum atomic E-state index is -1.07. The molecule has 2 heterocycles. The van der Waals surface area contributed by atoms with Gasteiger partial charge in [0.15, 0.2) is 0 Å². The van der Waals surface area contributed by atoms with Crippen LogP contribution in [0.3, 0.4) is 0 Å². The van der Waals surface area contributed by atoms with E-state index in [2.05, 4.69) is 15.1 Å². The number of nitrogens with one attached hydrogen (secondary N) is 1. The summed E-state index contributed by atoms with van der Waals surface area (Å²) in [6.45, 7) is 0. The third-order valence-corrected chi connectivity index (χ3v) is 3.04. The van der Waals surface area contributed by atoms with Crippen molar-refractivity contribution in [1.82, 2.24) is 19.7 Å². The lowest BCUT2D eigenvalue weighted by atomic mass is 10.2. The highest BCUT2D eigenvalue weighted by molar-refractivity contribution is 6.32. The van der Waals surface area contributed by atoms with Crippen molar-refractivity contribution in [1.29, 1.82) is 5.26 Å². The van der Waals surface area contributed by atoms with Crippen LogP contribution in [0, 0.1) is 11.3 Å². The summed E-state index contributed by atoms with van der Waals surface area (Å²) in [6.07, 6.45) is 2.57. The molecular formula is C12H6ClN5O2. The molecule has 2 aromatic heterocycles. The molecule has 3 rings (SSSR count). The van der Waals surface area contributed by atoms with Crippen LogP contribution in [0.2, 0.25) is 5.02 Å². The maximum absolute atomic E-state index is 10.8. The van der Waals surface area contributed by atoms with Crippen molar-refractivity contribution in [3.63, 3.8) is 0 Å². The Morgan fingerprint density at radius 3 is 2.95 bits per heavy atom. The monoisotopic (exact) mass is 287 g/mol. The van der Waals surface area contributed by atoms with Gasteiger partial charge in [0.1, 0.15) is 6.07 Å². The van der Waals surface area contributed by atoms with Gasteiger partial charge in [0.25, 0.3) is 0 Å². The third-order valence-electron chi connectivity index (χ3n) is 2.73. The molecule has 0 radical (unpaired) electrons. The first-order valence-electron chi connectivity index (χ1n) is 5.46. The average Bonchev–Trinajstić information content (AvgIpc) is 3.03. The number of halogens is 1. The van der Waals surface area contributed by atoms with Gasteiger partial charge in [0, 0.05) is 6.20 Å². The van der Waals surface area contributed by atoms with E-state index in [4.69, 9.17) is 22.0 Å². The molecule has 1 aromatic carbocycles. The van der Waals surface area contributed by atoms with E-state index in [9.17, 15) is 4.79 Å². The van der Waals surface area contributed by atoms with Gasteiger partial charge in [-0.25, -0.2) is 14.5 Å². The predicted octanol–water partition coefficient (Wildman–Crippen LogP) is 1.97. The molecule has 98 valence electrons. The molecule has 20 heavy (non-hydrogen) atoms. The second-order valence-electron chi connectivity index (χ2n) is 4.00. The number of carbonyl (C=O) groups is 1. The third kappa shape index (κ3) is 1.88. The molecule has 0 aliphatic rings. The van der Waals surface area contributed by atoms with E-state index in [1.807, 2.05) is 6.07 Å². The number of H-pyrrole nitrogens is 1. The largest absolute Gasteiger partial charge is 0.478 e. The fraction of sp³-hybridized carbons (Fsp3) is 0. The maximum atomic E-state index is 10.8. The van der Waals surface area contributed by atoms with Gasteiger partial charge < -0.3 is 10.1 Å². The van der Waals surface area contributed by atoms with Crippen LogP contribution < -0.4 is 0 Å². The summed E-state index contributed by atoms with van der Waals surface area (Å²) in [7, 11) is 0. The Hall–Kier alpha value is -2.85. The molecule has 0 unspecified atom stereocenters. The van der Waals surface area contributed by atoms with Crippen molar-refractivity contribution in [2.75, 3.05) is 0 Å². The topological polar surface area (TPSA) is 108 Å². The molecule has 0 atom stereocenters. The number of fused-ring (bicyclic) bond motifs is 1. The van der Waals surface area contributed by atoms with Crippen molar-refractivity contribution in [2.24, 2.45) is 0 Å². The Morgan fingerprint density at radius 1 is 1.50 bits per heavy atom. The van der Waals surface area contributed by atoms with Gasteiger partial charge in [-0.1, -0.05) is 11.6 Å². The van der Waals surface area contributed by atoms with E-state index in [1.165, 1.54) is 17.1 Å². The number of rotatable bonds is 2. The van der Waals surface area contributed by atoms with Gasteiger partial charge in [0.05, 0.1) is 33.4 Å². The Labute approximate surface area is 117 Å². The highest BCUT2D eigenvalue weighted by Gasteiger charge is 2.11. The summed E-state index contributed by atoms with van der Waals surface area (Å²) in [6, 6.07) is 5.12. The molecular weight excluding hydrogens is 282 g/mol. The van der Waals surface area contributed by atoms with Crippen LogP contribution in [-0.4, -0.2) is 30.8 Å². The van der Waals surface area contributed by atoms with Crippen LogP contribution in [-0.2, 0) is 0 Å². The molecule has 8 heteroatoms. The van der Waals surface area contributed by atoms with Gasteiger partial charge in [-0.3, -0.25) is 0 Å². The lowest BCUT2D eigenvalue weighted by Gasteiger charge is -1.93. The molecule has 0 saturated heterocycles. The number of nitrogens with zero attached hydrogens (tertiary/aromatic N) is 4. The molecule has 0 aliphatic carbocycles. The number of aromatic nitrogens is 4. The quantitative estimate of drug-likeness (QED) is 0.749. The van der Waals surface area contributed by atoms with Crippen LogP contribution in [0.15, 0.2) is 24.5 Å². The highest BCUT2D eigenvalue weighted by Crippen LogP contribution is 2.22. The number of nitriles is 1. The number of imidazole rings is 1. The fourth-order valence-electron chi connectivity index (χ4n) is 1.76. The number of carboxylic acids is 1. The number of hydrogen-bond donors (Lipinski definition) is 2. The van der Waals surface area contributed by atoms with E-state index < -0.39 is 5.97 Å². The lowest BCUT2D eigenvalue weighted by Crippen LogP contribution is -1.97. The Bertz CT molecular complexity index is 874. The van der Waals surface area contributed by atoms with Crippen molar-refractivity contribution >= 4 is 28.6 Å². The van der Waals surface area contributed by atoms with Gasteiger partial charge in [-0.2, -0.15) is 10.4 Å². The SMILES string of the molecule is N#Cc1cc2nc(-n3cc(C(=O)O)cn3)[nH]c2cc1Cl. The first-order valence-corrected chi connectivity index (χ1v) is 5.84. The summed E-state index contributed by atoms with van der Waals surface area (Å²) in [5, 5.41) is 22.0. The van der Waals surface area contributed by atoms with E-state index in [-0.39, 0.29) is 5.56 Å². The number of hydrogen-bond acceptors (Lipinski definition) is 4. The predicted molar refractivity (Wildman–Crippen MR) is 69.9 cm³/mol. The van der Waals surface area contributed by atoms with Crippen LogP contribution in [0.4, 0.5) is 0 Å². The Morgan fingerprint density at radius 2 is 2.30 bits per heavy atom.